The van der Waals surface area contributed by atoms with E-state index in [1.54, 1.807) is 29.3 Å². The van der Waals surface area contributed by atoms with Gasteiger partial charge in [-0.2, -0.15) is 4.98 Å². The van der Waals surface area contributed by atoms with Gasteiger partial charge < -0.3 is 24.8 Å². The second kappa shape index (κ2) is 11.7. The highest BCUT2D eigenvalue weighted by atomic mass is 35.5. The van der Waals surface area contributed by atoms with Crippen LogP contribution < -0.4 is 15.1 Å². The number of piperazine rings is 1. The smallest absolute Gasteiger partial charge is 0.410 e. The van der Waals surface area contributed by atoms with Crippen molar-refractivity contribution >= 4 is 69.9 Å². The molecule has 0 radical (unpaired) electrons. The van der Waals surface area contributed by atoms with E-state index in [-0.39, 0.29) is 11.9 Å². The first-order chi connectivity index (χ1) is 20.6. The molecule has 1 N–H and O–H groups in total. The van der Waals surface area contributed by atoms with Gasteiger partial charge >= 0.3 is 6.09 Å². The molecule has 12 heteroatoms. The maximum absolute atomic E-state index is 15.3. The van der Waals surface area contributed by atoms with Crippen LogP contribution in [0.15, 0.2) is 47.6 Å². The Morgan fingerprint density at radius 2 is 1.84 bits per heavy atom. The Morgan fingerprint density at radius 3 is 2.56 bits per heavy atom. The van der Waals surface area contributed by atoms with Gasteiger partial charge in [-0.15, -0.1) is 0 Å². The molecule has 3 aromatic rings. The fourth-order valence-corrected chi connectivity index (χ4v) is 5.87. The third-order valence-electron chi connectivity index (χ3n) is 7.35. The second-order valence-corrected chi connectivity index (χ2v) is 12.5. The molecule has 0 aliphatic carbocycles. The molecular formula is C31H32Cl2FN7O2. The molecule has 2 aromatic carbocycles. The summed E-state index contributed by atoms with van der Waals surface area (Å²) in [4.78, 5) is 32.2. The molecule has 0 saturated carbocycles. The van der Waals surface area contributed by atoms with Crippen molar-refractivity contribution in [1.82, 2.24) is 14.9 Å². The minimum atomic E-state index is -0.556. The van der Waals surface area contributed by atoms with Gasteiger partial charge in [-0.05, 0) is 63.6 Å². The molecule has 0 bridgehead atoms. The number of ether oxygens (including phenoxy) is 1. The SMILES string of the molecule is CC(C)(C)OC(=O)N1CCN(c2ccc(Nc3ncc4c(n3)N3CCCN=C3C(c3ccc(Cl)cc3Cl)=C4)cc2F)CC1. The Labute approximate surface area is 260 Å². The van der Waals surface area contributed by atoms with Crippen LogP contribution in [0.4, 0.5) is 32.3 Å². The molecular weight excluding hydrogens is 592 g/mol. The first kappa shape index (κ1) is 29.2. The number of nitrogens with one attached hydrogen (secondary N) is 1. The zero-order valence-electron chi connectivity index (χ0n) is 24.2. The van der Waals surface area contributed by atoms with Gasteiger partial charge in [0.05, 0.1) is 10.7 Å². The highest BCUT2D eigenvalue weighted by Gasteiger charge is 2.31. The first-order valence-corrected chi connectivity index (χ1v) is 15.0. The number of amides is 1. The fraction of sp³-hybridized carbons (Fsp3) is 0.355. The number of aliphatic imine (C=N–C) groups is 1. The van der Waals surface area contributed by atoms with E-state index in [1.165, 1.54) is 6.07 Å². The predicted molar refractivity (Wildman–Crippen MR) is 170 cm³/mol. The molecule has 4 heterocycles. The Morgan fingerprint density at radius 1 is 1.05 bits per heavy atom. The fourth-order valence-electron chi connectivity index (χ4n) is 5.35. The van der Waals surface area contributed by atoms with Gasteiger partial charge in [0.25, 0.3) is 0 Å². The molecule has 1 fully saturated rings. The van der Waals surface area contributed by atoms with Crippen LogP contribution >= 0.6 is 23.2 Å². The highest BCUT2D eigenvalue weighted by molar-refractivity contribution is 6.41. The number of hydrogen-bond acceptors (Lipinski definition) is 8. The number of carbonyl (C=O) groups is 1. The number of nitrogens with zero attached hydrogens (tertiary/aromatic N) is 6. The zero-order chi connectivity index (χ0) is 30.3. The molecule has 1 amide bonds. The standard InChI is InChI=1S/C31H32Cl2FN7O2/c1-31(2,3)43-30(42)40-13-11-39(12-14-40)26-8-6-21(17-25(26)34)37-29-36-18-19-15-23(22-7-5-20(32)16-24(22)33)28-35-9-4-10-41(28)27(19)38-29/h5-8,15-18H,4,9-14H2,1-3H3,(H,36,37,38). The Bertz CT molecular complexity index is 1630. The number of hydrogen-bond donors (Lipinski definition) is 1. The van der Waals surface area contributed by atoms with Crippen molar-refractivity contribution in [3.8, 4) is 0 Å². The molecule has 3 aliphatic heterocycles. The highest BCUT2D eigenvalue weighted by Crippen LogP contribution is 2.38. The van der Waals surface area contributed by atoms with E-state index in [0.29, 0.717) is 60.1 Å². The summed E-state index contributed by atoms with van der Waals surface area (Å²) in [5.74, 6) is 1.51. The first-order valence-electron chi connectivity index (χ1n) is 14.2. The summed E-state index contributed by atoms with van der Waals surface area (Å²) < 4.78 is 20.8. The zero-order valence-corrected chi connectivity index (χ0v) is 25.7. The lowest BCUT2D eigenvalue weighted by molar-refractivity contribution is 0.0240. The predicted octanol–water partition coefficient (Wildman–Crippen LogP) is 6.89. The van der Waals surface area contributed by atoms with Gasteiger partial charge in [0, 0.05) is 72.9 Å². The largest absolute Gasteiger partial charge is 0.444 e. The van der Waals surface area contributed by atoms with Crippen LogP contribution in [0.2, 0.25) is 10.0 Å². The maximum atomic E-state index is 15.3. The molecule has 0 spiro atoms. The van der Waals surface area contributed by atoms with Crippen molar-refractivity contribution in [1.29, 1.82) is 0 Å². The molecule has 1 aromatic heterocycles. The number of halogens is 3. The summed E-state index contributed by atoms with van der Waals surface area (Å²) >= 11 is 12.7. The Kier molecular flexibility index (Phi) is 7.91. The van der Waals surface area contributed by atoms with Gasteiger partial charge in [-0.25, -0.2) is 14.2 Å². The molecule has 3 aliphatic rings. The van der Waals surface area contributed by atoms with Crippen LogP contribution in [-0.2, 0) is 4.74 Å². The lowest BCUT2D eigenvalue weighted by atomic mass is 9.97. The number of amidine groups is 1. The van der Waals surface area contributed by atoms with Crippen molar-refractivity contribution in [2.24, 2.45) is 4.99 Å². The summed E-state index contributed by atoms with van der Waals surface area (Å²) in [7, 11) is 0. The normalized spacial score (nSPS) is 16.7. The molecule has 0 atom stereocenters. The van der Waals surface area contributed by atoms with Gasteiger partial charge in [0.15, 0.2) is 0 Å². The molecule has 0 unspecified atom stereocenters. The third kappa shape index (κ3) is 6.26. The van der Waals surface area contributed by atoms with Crippen LogP contribution in [0.1, 0.15) is 38.3 Å². The summed E-state index contributed by atoms with van der Waals surface area (Å²) in [5, 5.41) is 4.26. The van der Waals surface area contributed by atoms with Gasteiger partial charge in [0.2, 0.25) is 5.95 Å². The number of anilines is 4. The monoisotopic (exact) mass is 623 g/mol. The van der Waals surface area contributed by atoms with Crippen LogP contribution in [0.3, 0.4) is 0 Å². The van der Waals surface area contributed by atoms with E-state index in [4.69, 9.17) is 37.9 Å². The van der Waals surface area contributed by atoms with Crippen molar-refractivity contribution in [3.05, 3.63) is 69.6 Å². The number of rotatable bonds is 4. The topological polar surface area (TPSA) is 86.2 Å². The van der Waals surface area contributed by atoms with Crippen molar-refractivity contribution in [2.75, 3.05) is 54.4 Å². The minimum Gasteiger partial charge on any atom is -0.444 e. The summed E-state index contributed by atoms with van der Waals surface area (Å²) in [6, 6.07) is 10.4. The molecule has 224 valence electrons. The molecule has 43 heavy (non-hydrogen) atoms. The van der Waals surface area contributed by atoms with Gasteiger partial charge in [0.1, 0.15) is 23.1 Å². The molecule has 1 saturated heterocycles. The maximum Gasteiger partial charge on any atom is 0.410 e. The van der Waals surface area contributed by atoms with Crippen molar-refractivity contribution in [3.63, 3.8) is 0 Å². The van der Waals surface area contributed by atoms with E-state index >= 15 is 4.39 Å². The van der Waals surface area contributed by atoms with E-state index in [9.17, 15) is 4.79 Å². The Hall–Kier alpha value is -3.89. The lowest BCUT2D eigenvalue weighted by Gasteiger charge is -2.36. The quantitative estimate of drug-likeness (QED) is 0.339. The summed E-state index contributed by atoms with van der Waals surface area (Å²) in [5.41, 5.74) is 3.02. The van der Waals surface area contributed by atoms with E-state index in [2.05, 4.69) is 15.2 Å². The van der Waals surface area contributed by atoms with E-state index < -0.39 is 5.60 Å². The average molecular weight is 625 g/mol. The molecule has 9 nitrogen and oxygen atoms in total. The number of benzene rings is 2. The van der Waals surface area contributed by atoms with E-state index in [1.807, 2.05) is 43.9 Å². The minimum absolute atomic E-state index is 0.347. The van der Waals surface area contributed by atoms with Crippen molar-refractivity contribution < 1.29 is 13.9 Å². The third-order valence-corrected chi connectivity index (χ3v) is 7.89. The number of fused-ring (bicyclic) bond motifs is 3. The van der Waals surface area contributed by atoms with Crippen LogP contribution in [0.25, 0.3) is 11.6 Å². The molecule has 6 rings (SSSR count). The lowest BCUT2D eigenvalue weighted by Crippen LogP contribution is -2.50. The Balaban J connectivity index is 1.18. The van der Waals surface area contributed by atoms with Crippen LogP contribution in [0.5, 0.6) is 0 Å². The van der Waals surface area contributed by atoms with Crippen LogP contribution in [0, 0.1) is 5.82 Å². The second-order valence-electron chi connectivity index (χ2n) is 11.6. The summed E-state index contributed by atoms with van der Waals surface area (Å²) in [6.45, 7) is 8.91. The number of aromatic nitrogens is 2. The van der Waals surface area contributed by atoms with Crippen LogP contribution in [-0.4, -0.2) is 71.7 Å². The number of carbonyl (C=O) groups excluding carboxylic acids is 1. The van der Waals surface area contributed by atoms with Gasteiger partial charge in [-0.1, -0.05) is 29.3 Å². The van der Waals surface area contributed by atoms with E-state index in [0.717, 1.165) is 41.3 Å². The van der Waals surface area contributed by atoms with Crippen molar-refractivity contribution in [2.45, 2.75) is 32.8 Å². The van der Waals surface area contributed by atoms with Gasteiger partial charge in [-0.3, -0.25) is 4.99 Å². The average Bonchev–Trinajstić information content (AvgIpc) is 2.96. The summed E-state index contributed by atoms with van der Waals surface area (Å²) in [6.07, 6.45) is 4.28.